The molecule has 2 aliphatic heterocycles. The fourth-order valence-electron chi connectivity index (χ4n) is 4.60. The van der Waals surface area contributed by atoms with Crippen molar-refractivity contribution in [1.82, 2.24) is 25.0 Å². The molecule has 0 radical (unpaired) electrons. The number of nitrogens with one attached hydrogen (secondary N) is 1. The van der Waals surface area contributed by atoms with Gasteiger partial charge < -0.3 is 14.8 Å². The van der Waals surface area contributed by atoms with Crippen molar-refractivity contribution in [2.75, 3.05) is 19.6 Å². The van der Waals surface area contributed by atoms with Crippen molar-refractivity contribution in [3.05, 3.63) is 33.0 Å². The molecular formula is C19H25N5OS. The molecule has 7 heteroatoms. The molecule has 1 amide bonds. The van der Waals surface area contributed by atoms with Crippen LogP contribution in [-0.2, 0) is 25.9 Å². The third-order valence-corrected chi connectivity index (χ3v) is 7.18. The predicted octanol–water partition coefficient (Wildman–Crippen LogP) is 2.34. The number of hydrogen-bond donors (Lipinski definition) is 1. The van der Waals surface area contributed by atoms with E-state index in [1.165, 1.54) is 23.3 Å². The number of piperidine rings is 1. The van der Waals surface area contributed by atoms with E-state index in [4.69, 9.17) is 0 Å². The second-order valence-electron chi connectivity index (χ2n) is 7.63. The van der Waals surface area contributed by atoms with Crippen LogP contribution in [0.5, 0.6) is 0 Å². The molecule has 0 bridgehead atoms. The molecule has 1 N–H and O–H groups in total. The fraction of sp³-hybridized carbons (Fsp3) is 0.632. The molecule has 2 aromatic heterocycles. The minimum absolute atomic E-state index is 0.246. The number of rotatable bonds is 2. The SMILES string of the molecule is O=C(c1csc2c1CCCC2)N1CCC(c2nnc3n2CCNC3)CC1. The highest BCUT2D eigenvalue weighted by Gasteiger charge is 2.30. The first-order valence-corrected chi connectivity index (χ1v) is 10.7. The van der Waals surface area contributed by atoms with Crippen LogP contribution in [-0.4, -0.2) is 45.2 Å². The number of carbonyl (C=O) groups excluding carboxylic acids is 1. The lowest BCUT2D eigenvalue weighted by atomic mass is 9.93. The van der Waals surface area contributed by atoms with Gasteiger partial charge in [-0.3, -0.25) is 4.79 Å². The van der Waals surface area contributed by atoms with E-state index in [1.54, 1.807) is 11.3 Å². The Labute approximate surface area is 157 Å². The maximum absolute atomic E-state index is 13.0. The zero-order chi connectivity index (χ0) is 17.5. The molecule has 6 nitrogen and oxygen atoms in total. The highest BCUT2D eigenvalue weighted by molar-refractivity contribution is 7.10. The van der Waals surface area contributed by atoms with Gasteiger partial charge in [0.15, 0.2) is 0 Å². The number of aryl methyl sites for hydroxylation is 1. The molecule has 1 aliphatic carbocycles. The summed E-state index contributed by atoms with van der Waals surface area (Å²) in [5.41, 5.74) is 2.32. The lowest BCUT2D eigenvalue weighted by Gasteiger charge is -2.32. The van der Waals surface area contributed by atoms with E-state index >= 15 is 0 Å². The van der Waals surface area contributed by atoms with E-state index in [9.17, 15) is 4.79 Å². The Morgan fingerprint density at radius 3 is 2.88 bits per heavy atom. The van der Waals surface area contributed by atoms with Crippen molar-refractivity contribution < 1.29 is 4.79 Å². The molecule has 26 heavy (non-hydrogen) atoms. The van der Waals surface area contributed by atoms with Crippen LogP contribution in [0, 0.1) is 0 Å². The van der Waals surface area contributed by atoms with Crippen LogP contribution in [0.4, 0.5) is 0 Å². The summed E-state index contributed by atoms with van der Waals surface area (Å²) in [5.74, 6) is 2.85. The van der Waals surface area contributed by atoms with Crippen LogP contribution >= 0.6 is 11.3 Å². The first kappa shape index (κ1) is 16.4. The molecule has 3 aliphatic rings. The summed E-state index contributed by atoms with van der Waals surface area (Å²) in [4.78, 5) is 16.6. The lowest BCUT2D eigenvalue weighted by Crippen LogP contribution is -2.39. The average molecular weight is 372 g/mol. The van der Waals surface area contributed by atoms with Gasteiger partial charge in [-0.05, 0) is 44.1 Å². The average Bonchev–Trinajstić information content (AvgIpc) is 3.32. The summed E-state index contributed by atoms with van der Waals surface area (Å²) in [5, 5.41) is 14.3. The van der Waals surface area contributed by atoms with Crippen molar-refractivity contribution in [3.8, 4) is 0 Å². The summed E-state index contributed by atoms with van der Waals surface area (Å²) >= 11 is 1.78. The highest BCUT2D eigenvalue weighted by Crippen LogP contribution is 2.33. The molecule has 2 aromatic rings. The first-order chi connectivity index (χ1) is 12.8. The number of amides is 1. The van der Waals surface area contributed by atoms with Crippen LogP contribution in [0.15, 0.2) is 5.38 Å². The molecule has 0 atom stereocenters. The molecule has 4 heterocycles. The monoisotopic (exact) mass is 371 g/mol. The predicted molar refractivity (Wildman–Crippen MR) is 101 cm³/mol. The van der Waals surface area contributed by atoms with Gasteiger partial charge in [0.2, 0.25) is 0 Å². The third kappa shape index (κ3) is 2.77. The van der Waals surface area contributed by atoms with Crippen molar-refractivity contribution in [2.45, 2.75) is 57.5 Å². The maximum atomic E-state index is 13.0. The normalized spacial score (nSPS) is 20.7. The number of likely N-dealkylation sites (tertiary alicyclic amines) is 1. The Hall–Kier alpha value is -1.73. The zero-order valence-corrected chi connectivity index (χ0v) is 15.9. The van der Waals surface area contributed by atoms with Crippen molar-refractivity contribution in [1.29, 1.82) is 0 Å². The Morgan fingerprint density at radius 1 is 1.15 bits per heavy atom. The van der Waals surface area contributed by atoms with Gasteiger partial charge in [0.1, 0.15) is 11.6 Å². The van der Waals surface area contributed by atoms with Crippen LogP contribution in [0.25, 0.3) is 0 Å². The van der Waals surface area contributed by atoms with Crippen molar-refractivity contribution in [2.24, 2.45) is 0 Å². The number of fused-ring (bicyclic) bond motifs is 2. The van der Waals surface area contributed by atoms with E-state index in [0.29, 0.717) is 5.92 Å². The summed E-state index contributed by atoms with van der Waals surface area (Å²) < 4.78 is 2.29. The topological polar surface area (TPSA) is 63.1 Å². The minimum atomic E-state index is 0.246. The largest absolute Gasteiger partial charge is 0.339 e. The fourth-order valence-corrected chi connectivity index (χ4v) is 5.72. The molecule has 0 aromatic carbocycles. The number of nitrogens with zero attached hydrogens (tertiary/aromatic N) is 4. The van der Waals surface area contributed by atoms with Gasteiger partial charge in [0.25, 0.3) is 5.91 Å². The van der Waals surface area contributed by atoms with Gasteiger partial charge >= 0.3 is 0 Å². The Balaban J connectivity index is 1.28. The Morgan fingerprint density at radius 2 is 2.00 bits per heavy atom. The molecular weight excluding hydrogens is 346 g/mol. The summed E-state index contributed by atoms with van der Waals surface area (Å²) in [6.07, 6.45) is 6.70. The molecule has 0 saturated carbocycles. The van der Waals surface area contributed by atoms with E-state index in [0.717, 1.165) is 75.6 Å². The number of thiophene rings is 1. The Kier molecular flexibility index (Phi) is 4.29. The van der Waals surface area contributed by atoms with Gasteiger partial charge in [-0.25, -0.2) is 0 Å². The minimum Gasteiger partial charge on any atom is -0.339 e. The molecule has 1 fully saturated rings. The van der Waals surface area contributed by atoms with Gasteiger partial charge in [-0.2, -0.15) is 0 Å². The second-order valence-corrected chi connectivity index (χ2v) is 8.59. The van der Waals surface area contributed by atoms with Crippen LogP contribution < -0.4 is 5.32 Å². The molecule has 0 spiro atoms. The van der Waals surface area contributed by atoms with Crippen LogP contribution in [0.2, 0.25) is 0 Å². The maximum Gasteiger partial charge on any atom is 0.254 e. The van der Waals surface area contributed by atoms with Gasteiger partial charge in [-0.15, -0.1) is 21.5 Å². The van der Waals surface area contributed by atoms with Gasteiger partial charge in [0.05, 0.1) is 12.1 Å². The molecule has 5 rings (SSSR count). The van der Waals surface area contributed by atoms with E-state index in [-0.39, 0.29) is 5.91 Å². The Bertz CT molecular complexity index is 818. The zero-order valence-electron chi connectivity index (χ0n) is 15.0. The third-order valence-electron chi connectivity index (χ3n) is 6.09. The van der Waals surface area contributed by atoms with E-state index < -0.39 is 0 Å². The summed E-state index contributed by atoms with van der Waals surface area (Å²) in [7, 11) is 0. The van der Waals surface area contributed by atoms with E-state index in [1.807, 2.05) is 0 Å². The smallest absolute Gasteiger partial charge is 0.254 e. The molecule has 0 unspecified atom stereocenters. The standard InChI is InChI=1S/C19H25N5OS/c25-19(15-12-26-16-4-2-1-3-14(15)16)23-8-5-13(6-9-23)18-22-21-17-11-20-7-10-24(17)18/h12-13,20H,1-11H2. The van der Waals surface area contributed by atoms with Crippen molar-refractivity contribution in [3.63, 3.8) is 0 Å². The van der Waals surface area contributed by atoms with E-state index in [2.05, 4.69) is 30.4 Å². The number of aromatic nitrogens is 3. The lowest BCUT2D eigenvalue weighted by molar-refractivity contribution is 0.0709. The molecule has 1 saturated heterocycles. The number of carbonyl (C=O) groups is 1. The summed E-state index contributed by atoms with van der Waals surface area (Å²) in [6, 6.07) is 0. The molecule has 138 valence electrons. The van der Waals surface area contributed by atoms with Crippen LogP contribution in [0.3, 0.4) is 0 Å². The van der Waals surface area contributed by atoms with Gasteiger partial charge in [-0.1, -0.05) is 0 Å². The number of hydrogen-bond acceptors (Lipinski definition) is 5. The second kappa shape index (κ2) is 6.78. The quantitative estimate of drug-likeness (QED) is 0.880. The summed E-state index contributed by atoms with van der Waals surface area (Å²) in [6.45, 7) is 4.41. The first-order valence-electron chi connectivity index (χ1n) is 9.82. The highest BCUT2D eigenvalue weighted by atomic mass is 32.1. The van der Waals surface area contributed by atoms with Crippen LogP contribution in [0.1, 0.15) is 64.0 Å². The van der Waals surface area contributed by atoms with Gasteiger partial charge in [0, 0.05) is 42.4 Å². The van der Waals surface area contributed by atoms with Crippen molar-refractivity contribution >= 4 is 17.2 Å².